The molecule has 0 aromatic heterocycles. The molecule has 1 atom stereocenters. The first-order valence-corrected chi connectivity index (χ1v) is 7.55. The third-order valence-electron chi connectivity index (χ3n) is 3.59. The van der Waals surface area contributed by atoms with Gasteiger partial charge in [0.25, 0.3) is 0 Å². The van der Waals surface area contributed by atoms with Gasteiger partial charge >= 0.3 is 0 Å². The van der Waals surface area contributed by atoms with Crippen LogP contribution in [0.2, 0.25) is 0 Å². The smallest absolute Gasteiger partial charge is 0.131 e. The van der Waals surface area contributed by atoms with Gasteiger partial charge in [-0.1, -0.05) is 66.7 Å². The monoisotopic (exact) mass is 276 g/mol. The van der Waals surface area contributed by atoms with E-state index in [2.05, 4.69) is 54.6 Å². The molecule has 20 heavy (non-hydrogen) atoms. The third kappa shape index (κ3) is 1.83. The lowest BCUT2D eigenvalue weighted by atomic mass is 9.98. The number of hydrogen-bond acceptors (Lipinski definition) is 1. The fourth-order valence-corrected chi connectivity index (χ4v) is 3.68. The van der Waals surface area contributed by atoms with Crippen LogP contribution in [0.25, 0.3) is 22.3 Å². The summed E-state index contributed by atoms with van der Waals surface area (Å²) >= 11 is 0. The number of benzene rings is 3. The van der Waals surface area contributed by atoms with E-state index < -0.39 is 0 Å². The van der Waals surface area contributed by atoms with E-state index in [1.807, 2.05) is 18.2 Å². The Morgan fingerprint density at radius 3 is 2.20 bits per heavy atom. The van der Waals surface area contributed by atoms with Gasteiger partial charge in [-0.3, -0.25) is 0 Å². The van der Waals surface area contributed by atoms with Gasteiger partial charge in [-0.2, -0.15) is 0 Å². The maximum absolute atomic E-state index is 5.94. The summed E-state index contributed by atoms with van der Waals surface area (Å²) in [5.74, 6) is 0.989. The van der Waals surface area contributed by atoms with Gasteiger partial charge in [0.05, 0.1) is 0 Å². The van der Waals surface area contributed by atoms with Gasteiger partial charge in [0.2, 0.25) is 0 Å². The summed E-state index contributed by atoms with van der Waals surface area (Å²) in [6.45, 7) is 0. The van der Waals surface area contributed by atoms with Crippen LogP contribution in [-0.4, -0.2) is 0 Å². The van der Waals surface area contributed by atoms with Crippen molar-refractivity contribution in [3.8, 4) is 28.0 Å². The molecular weight excluding hydrogens is 263 g/mol. The predicted molar refractivity (Wildman–Crippen MR) is 85.9 cm³/mol. The third-order valence-corrected chi connectivity index (χ3v) is 4.65. The summed E-state index contributed by atoms with van der Waals surface area (Å²) in [5, 5.41) is 1.30. The van der Waals surface area contributed by atoms with E-state index in [-0.39, 0.29) is 0 Å². The van der Waals surface area contributed by atoms with E-state index in [0.717, 1.165) is 5.75 Å². The molecule has 0 radical (unpaired) electrons. The van der Waals surface area contributed by atoms with Crippen molar-refractivity contribution in [2.24, 2.45) is 0 Å². The van der Waals surface area contributed by atoms with Crippen LogP contribution >= 0.6 is 8.81 Å². The minimum Gasteiger partial charge on any atom is -0.472 e. The van der Waals surface area contributed by atoms with Gasteiger partial charge in [-0.15, -0.1) is 0 Å². The standard InChI is InChI=1S/C18H13OP/c1-2-7-13(8-3-1)14-10-6-11-16-15-9-4-5-12-17(15)19-20-18(14)16/h1-12,20H. The lowest BCUT2D eigenvalue weighted by molar-refractivity contribution is 0.638. The first-order valence-electron chi connectivity index (χ1n) is 6.64. The maximum atomic E-state index is 5.94. The highest BCUT2D eigenvalue weighted by Gasteiger charge is 2.19. The quantitative estimate of drug-likeness (QED) is 0.589. The largest absolute Gasteiger partial charge is 0.472 e. The highest BCUT2D eigenvalue weighted by Crippen LogP contribution is 2.41. The molecular formula is C18H13OP. The van der Waals surface area contributed by atoms with E-state index in [1.54, 1.807) is 0 Å². The van der Waals surface area contributed by atoms with E-state index in [4.69, 9.17) is 4.52 Å². The molecule has 0 amide bonds. The zero-order chi connectivity index (χ0) is 13.4. The second-order valence-electron chi connectivity index (χ2n) is 4.79. The second-order valence-corrected chi connectivity index (χ2v) is 5.70. The second kappa shape index (κ2) is 4.77. The lowest BCUT2D eigenvalue weighted by Gasteiger charge is -2.22. The van der Waals surface area contributed by atoms with Crippen LogP contribution in [0.3, 0.4) is 0 Å². The molecule has 96 valence electrons. The van der Waals surface area contributed by atoms with Gasteiger partial charge in [0.1, 0.15) is 14.6 Å². The molecule has 0 bridgehead atoms. The molecule has 1 unspecified atom stereocenters. The summed E-state index contributed by atoms with van der Waals surface area (Å²) in [4.78, 5) is 0. The fraction of sp³-hybridized carbons (Fsp3) is 0. The summed E-state index contributed by atoms with van der Waals surface area (Å²) in [6.07, 6.45) is 0. The molecule has 3 aromatic rings. The van der Waals surface area contributed by atoms with Crippen LogP contribution in [0.1, 0.15) is 0 Å². The van der Waals surface area contributed by atoms with Crippen LogP contribution in [0, 0.1) is 0 Å². The molecule has 0 aliphatic carbocycles. The Morgan fingerprint density at radius 2 is 1.30 bits per heavy atom. The van der Waals surface area contributed by atoms with Crippen LogP contribution < -0.4 is 9.83 Å². The number of rotatable bonds is 1. The summed E-state index contributed by atoms with van der Waals surface area (Å²) in [6, 6.07) is 25.3. The normalized spacial score (nSPS) is 13.4. The first-order chi connectivity index (χ1) is 9.93. The van der Waals surface area contributed by atoms with Crippen LogP contribution in [0.4, 0.5) is 0 Å². The van der Waals surface area contributed by atoms with Crippen molar-refractivity contribution in [1.29, 1.82) is 0 Å². The fourth-order valence-electron chi connectivity index (χ4n) is 2.63. The van der Waals surface area contributed by atoms with E-state index in [0.29, 0.717) is 8.81 Å². The molecule has 1 aliphatic rings. The van der Waals surface area contributed by atoms with Gasteiger partial charge in [-0.05, 0) is 22.8 Å². The number of fused-ring (bicyclic) bond motifs is 3. The molecule has 0 saturated heterocycles. The Labute approximate surface area is 120 Å². The molecule has 4 rings (SSSR count). The van der Waals surface area contributed by atoms with Gasteiger partial charge in [0.15, 0.2) is 0 Å². The molecule has 3 aromatic carbocycles. The Bertz CT molecular complexity index is 751. The summed E-state index contributed by atoms with van der Waals surface area (Å²) in [5.41, 5.74) is 5.02. The van der Waals surface area contributed by atoms with E-state index >= 15 is 0 Å². The zero-order valence-corrected chi connectivity index (χ0v) is 11.8. The maximum Gasteiger partial charge on any atom is 0.131 e. The Balaban J connectivity index is 1.95. The van der Waals surface area contributed by atoms with Crippen molar-refractivity contribution in [1.82, 2.24) is 0 Å². The molecule has 2 heteroatoms. The minimum absolute atomic E-state index is 0.364. The minimum atomic E-state index is 0.364. The molecule has 0 spiro atoms. The van der Waals surface area contributed by atoms with Crippen molar-refractivity contribution in [2.75, 3.05) is 0 Å². The van der Waals surface area contributed by atoms with Crippen LogP contribution in [-0.2, 0) is 0 Å². The van der Waals surface area contributed by atoms with E-state index in [9.17, 15) is 0 Å². The summed E-state index contributed by atoms with van der Waals surface area (Å²) < 4.78 is 5.94. The topological polar surface area (TPSA) is 9.23 Å². The highest BCUT2D eigenvalue weighted by atomic mass is 31.1. The molecule has 0 fully saturated rings. The van der Waals surface area contributed by atoms with Crippen LogP contribution in [0.15, 0.2) is 72.8 Å². The Hall–Kier alpha value is -2.11. The van der Waals surface area contributed by atoms with Crippen molar-refractivity contribution < 1.29 is 4.52 Å². The highest BCUT2D eigenvalue weighted by molar-refractivity contribution is 7.43. The SMILES string of the molecule is c1ccc(-c2cccc3c2POc2ccccc2-3)cc1. The van der Waals surface area contributed by atoms with Gasteiger partial charge in [-0.25, -0.2) is 0 Å². The van der Waals surface area contributed by atoms with Gasteiger partial charge in [0, 0.05) is 10.9 Å². The first kappa shape index (κ1) is 11.7. The zero-order valence-electron chi connectivity index (χ0n) is 10.8. The predicted octanol–water partition coefficient (Wildman–Crippen LogP) is 4.63. The van der Waals surface area contributed by atoms with Crippen molar-refractivity contribution in [2.45, 2.75) is 0 Å². The number of hydrogen-bond donors (Lipinski definition) is 0. The van der Waals surface area contributed by atoms with E-state index in [1.165, 1.54) is 27.6 Å². The molecule has 1 nitrogen and oxygen atoms in total. The van der Waals surface area contributed by atoms with Crippen molar-refractivity contribution in [3.05, 3.63) is 72.8 Å². The Kier molecular flexibility index (Phi) is 2.79. The van der Waals surface area contributed by atoms with Crippen molar-refractivity contribution >= 4 is 14.1 Å². The summed E-state index contributed by atoms with van der Waals surface area (Å²) in [7, 11) is 0.364. The number of para-hydroxylation sites is 1. The molecule has 0 saturated carbocycles. The molecule has 1 aliphatic heterocycles. The molecule has 0 N–H and O–H groups in total. The Morgan fingerprint density at radius 1 is 0.600 bits per heavy atom. The molecule has 1 heterocycles. The van der Waals surface area contributed by atoms with Crippen LogP contribution in [0.5, 0.6) is 5.75 Å². The van der Waals surface area contributed by atoms with Gasteiger partial charge < -0.3 is 4.52 Å². The lowest BCUT2D eigenvalue weighted by Crippen LogP contribution is -2.10. The average molecular weight is 276 g/mol. The van der Waals surface area contributed by atoms with Crippen molar-refractivity contribution in [3.63, 3.8) is 0 Å². The average Bonchev–Trinajstić information content (AvgIpc) is 2.55.